The van der Waals surface area contributed by atoms with Crippen molar-refractivity contribution in [2.24, 2.45) is 5.73 Å². The second kappa shape index (κ2) is 12.5. The quantitative estimate of drug-likeness (QED) is 0.111. The van der Waals surface area contributed by atoms with Crippen LogP contribution in [0.2, 0.25) is 0 Å². The number of unbranched alkanes of at least 4 members (excludes halogenated alkanes) is 1. The fourth-order valence-electron chi connectivity index (χ4n) is 2.46. The molecular weight excluding hydrogens is 412 g/mol. The molecule has 0 spiro atoms. The molecule has 0 aliphatic heterocycles. The number of anilines is 1. The van der Waals surface area contributed by atoms with Crippen molar-refractivity contribution in [1.82, 2.24) is 5.32 Å². The molecule has 0 fully saturated rings. The van der Waals surface area contributed by atoms with Gasteiger partial charge in [-0.3, -0.25) is 10.2 Å². The van der Waals surface area contributed by atoms with Crippen molar-refractivity contribution in [2.75, 3.05) is 18.5 Å². The molecular formula is C23H26N4O5. The van der Waals surface area contributed by atoms with Crippen molar-refractivity contribution in [3.63, 3.8) is 0 Å². The van der Waals surface area contributed by atoms with E-state index in [1.165, 1.54) is 12.2 Å². The van der Waals surface area contributed by atoms with Gasteiger partial charge in [0.25, 0.3) is 5.91 Å². The number of hydrogen-bond acceptors (Lipinski definition) is 6. The van der Waals surface area contributed by atoms with Gasteiger partial charge >= 0.3 is 11.9 Å². The topological polar surface area (TPSA) is 144 Å². The maximum absolute atomic E-state index is 12.2. The molecule has 0 saturated carbocycles. The molecule has 32 heavy (non-hydrogen) atoms. The molecule has 0 saturated heterocycles. The van der Waals surface area contributed by atoms with Crippen molar-refractivity contribution in [3.05, 3.63) is 65.7 Å². The molecule has 0 heterocycles. The Morgan fingerprint density at radius 2 is 1.75 bits per heavy atom. The molecule has 168 valence electrons. The van der Waals surface area contributed by atoms with Crippen LogP contribution in [0.4, 0.5) is 5.69 Å². The van der Waals surface area contributed by atoms with Gasteiger partial charge in [-0.15, -0.1) is 0 Å². The van der Waals surface area contributed by atoms with Crippen molar-refractivity contribution in [3.8, 4) is 5.75 Å². The van der Waals surface area contributed by atoms with Crippen LogP contribution in [0.15, 0.2) is 54.6 Å². The number of rotatable bonds is 10. The van der Waals surface area contributed by atoms with Gasteiger partial charge in [-0.05, 0) is 54.5 Å². The Balaban J connectivity index is 1.82. The van der Waals surface area contributed by atoms with E-state index in [0.717, 1.165) is 12.8 Å². The van der Waals surface area contributed by atoms with Crippen molar-refractivity contribution >= 4 is 35.6 Å². The summed E-state index contributed by atoms with van der Waals surface area (Å²) in [6.45, 7) is 2.25. The minimum Gasteiger partial charge on any atom is -0.452 e. The van der Waals surface area contributed by atoms with E-state index in [2.05, 4.69) is 10.6 Å². The normalized spacial score (nSPS) is 10.4. The summed E-state index contributed by atoms with van der Waals surface area (Å²) in [5.74, 6) is -1.37. The lowest BCUT2D eigenvalue weighted by Gasteiger charge is -2.07. The number of nitrogens with one attached hydrogen (secondary N) is 3. The molecule has 2 aromatic carbocycles. The predicted molar refractivity (Wildman–Crippen MR) is 121 cm³/mol. The van der Waals surface area contributed by atoms with Crippen LogP contribution in [0.25, 0.3) is 6.08 Å². The van der Waals surface area contributed by atoms with E-state index in [1.807, 2.05) is 6.92 Å². The van der Waals surface area contributed by atoms with E-state index < -0.39 is 11.9 Å². The smallest absolute Gasteiger partial charge is 0.343 e. The molecule has 1 amide bonds. The second-order valence-electron chi connectivity index (χ2n) is 6.72. The number of esters is 2. The van der Waals surface area contributed by atoms with E-state index in [9.17, 15) is 14.4 Å². The van der Waals surface area contributed by atoms with Crippen LogP contribution in [0.3, 0.4) is 0 Å². The van der Waals surface area contributed by atoms with Crippen LogP contribution in [-0.4, -0.2) is 37.0 Å². The Labute approximate surface area is 186 Å². The summed E-state index contributed by atoms with van der Waals surface area (Å²) >= 11 is 0. The molecule has 0 unspecified atom stereocenters. The first-order valence-corrected chi connectivity index (χ1v) is 10.0. The summed E-state index contributed by atoms with van der Waals surface area (Å²) in [5.41, 5.74) is 6.87. The number of carbonyl (C=O) groups excluding carboxylic acids is 3. The van der Waals surface area contributed by atoms with Crippen molar-refractivity contribution < 1.29 is 23.9 Å². The first-order chi connectivity index (χ1) is 15.4. The molecule has 0 aromatic heterocycles. The van der Waals surface area contributed by atoms with Gasteiger partial charge in [0.05, 0.1) is 5.56 Å². The van der Waals surface area contributed by atoms with Gasteiger partial charge < -0.3 is 25.8 Å². The average Bonchev–Trinajstić information content (AvgIpc) is 2.77. The Hall–Kier alpha value is -4.14. The van der Waals surface area contributed by atoms with Gasteiger partial charge in [0, 0.05) is 18.3 Å². The van der Waals surface area contributed by atoms with Gasteiger partial charge in [-0.25, -0.2) is 9.59 Å². The summed E-state index contributed by atoms with van der Waals surface area (Å²) in [4.78, 5) is 35.5. The number of guanidine groups is 1. The highest BCUT2D eigenvalue weighted by Crippen LogP contribution is 2.16. The Morgan fingerprint density at radius 1 is 1.06 bits per heavy atom. The van der Waals surface area contributed by atoms with Crippen LogP contribution < -0.4 is 21.1 Å². The lowest BCUT2D eigenvalue weighted by atomic mass is 10.2. The second-order valence-corrected chi connectivity index (χ2v) is 6.72. The first kappa shape index (κ1) is 24.1. The Kier molecular flexibility index (Phi) is 9.45. The monoisotopic (exact) mass is 438 g/mol. The van der Waals surface area contributed by atoms with Crippen LogP contribution in [0.5, 0.6) is 5.75 Å². The average molecular weight is 438 g/mol. The molecule has 2 aromatic rings. The third kappa shape index (κ3) is 8.70. The minimum absolute atomic E-state index is 0.198. The molecule has 0 bridgehead atoms. The van der Waals surface area contributed by atoms with Crippen LogP contribution in [0, 0.1) is 5.41 Å². The van der Waals surface area contributed by atoms with Crippen LogP contribution in [0.1, 0.15) is 35.7 Å². The number of benzene rings is 2. The molecule has 2 rings (SSSR count). The number of ether oxygens (including phenoxy) is 2. The molecule has 0 radical (unpaired) electrons. The Morgan fingerprint density at radius 3 is 2.38 bits per heavy atom. The van der Waals surface area contributed by atoms with Crippen LogP contribution >= 0.6 is 0 Å². The standard InChI is InChI=1S/C23H26N4O5/c1-2-3-14-26-20(28)15-31-21(29)13-6-16-4-11-19(12-5-16)32-22(30)17-7-9-18(10-8-17)27-23(24)25/h4-13H,2-3,14-15H2,1H3,(H,26,28)(H4,24,25,27). The van der Waals surface area contributed by atoms with E-state index in [4.69, 9.17) is 20.6 Å². The molecule has 9 heteroatoms. The van der Waals surface area contributed by atoms with Crippen molar-refractivity contribution in [1.29, 1.82) is 5.41 Å². The highest BCUT2D eigenvalue weighted by molar-refractivity contribution is 5.93. The summed E-state index contributed by atoms with van der Waals surface area (Å²) < 4.78 is 10.2. The predicted octanol–water partition coefficient (Wildman–Crippen LogP) is 2.68. The summed E-state index contributed by atoms with van der Waals surface area (Å²) in [6, 6.07) is 12.9. The van der Waals surface area contributed by atoms with Gasteiger partial charge in [0.15, 0.2) is 12.6 Å². The molecule has 5 N–H and O–H groups in total. The molecule has 0 aliphatic carbocycles. The third-order valence-electron chi connectivity index (χ3n) is 4.10. The summed E-state index contributed by atoms with van der Waals surface area (Å²) in [7, 11) is 0. The highest BCUT2D eigenvalue weighted by atomic mass is 16.5. The number of amides is 1. The number of carbonyl (C=O) groups is 3. The van der Waals surface area contributed by atoms with Gasteiger partial charge in [-0.1, -0.05) is 25.5 Å². The zero-order valence-corrected chi connectivity index (χ0v) is 17.7. The van der Waals surface area contributed by atoms with E-state index in [-0.39, 0.29) is 18.5 Å². The molecule has 0 atom stereocenters. The summed E-state index contributed by atoms with van der Waals surface area (Å²) in [5, 5.41) is 12.5. The van der Waals surface area contributed by atoms with Gasteiger partial charge in [-0.2, -0.15) is 0 Å². The van der Waals surface area contributed by atoms with Gasteiger partial charge in [0.2, 0.25) is 0 Å². The summed E-state index contributed by atoms with van der Waals surface area (Å²) in [6.07, 6.45) is 4.59. The molecule has 0 aliphatic rings. The fraction of sp³-hybridized carbons (Fsp3) is 0.217. The lowest BCUT2D eigenvalue weighted by Crippen LogP contribution is -2.29. The lowest BCUT2D eigenvalue weighted by molar-refractivity contribution is -0.143. The first-order valence-electron chi connectivity index (χ1n) is 10.0. The largest absolute Gasteiger partial charge is 0.452 e. The minimum atomic E-state index is -0.631. The van der Waals surface area contributed by atoms with E-state index in [1.54, 1.807) is 48.5 Å². The number of nitrogens with two attached hydrogens (primary N) is 1. The van der Waals surface area contributed by atoms with Crippen molar-refractivity contribution in [2.45, 2.75) is 19.8 Å². The zero-order chi connectivity index (χ0) is 23.3. The maximum Gasteiger partial charge on any atom is 0.343 e. The van der Waals surface area contributed by atoms with E-state index in [0.29, 0.717) is 29.1 Å². The Bertz CT molecular complexity index is 969. The maximum atomic E-state index is 12.2. The SMILES string of the molecule is CCCCNC(=O)COC(=O)C=Cc1ccc(OC(=O)c2ccc(NC(=N)N)cc2)cc1. The molecule has 9 nitrogen and oxygen atoms in total. The zero-order valence-electron chi connectivity index (χ0n) is 17.7. The van der Waals surface area contributed by atoms with Gasteiger partial charge in [0.1, 0.15) is 5.75 Å². The number of hydrogen-bond donors (Lipinski definition) is 4. The third-order valence-corrected chi connectivity index (χ3v) is 4.10. The fourth-order valence-corrected chi connectivity index (χ4v) is 2.46. The van der Waals surface area contributed by atoms with Crippen LogP contribution in [-0.2, 0) is 14.3 Å². The van der Waals surface area contributed by atoms with E-state index >= 15 is 0 Å². The highest BCUT2D eigenvalue weighted by Gasteiger charge is 2.09.